The standard InChI is InChI=1S/C12H19N3O2/c1-3-10-4-12(15-8-14-10)16-7-11-6-13-5-9(2)17-11/h4,8-9,11,13H,3,5-7H2,1-2H3. The van der Waals surface area contributed by atoms with Gasteiger partial charge in [0, 0.05) is 24.8 Å². The van der Waals surface area contributed by atoms with Crippen LogP contribution in [0, 0.1) is 0 Å². The molecule has 5 nitrogen and oxygen atoms in total. The Morgan fingerprint density at radius 2 is 2.35 bits per heavy atom. The molecule has 1 aromatic rings. The molecule has 2 atom stereocenters. The Hall–Kier alpha value is -1.20. The predicted molar refractivity (Wildman–Crippen MR) is 64.1 cm³/mol. The Morgan fingerprint density at radius 1 is 1.47 bits per heavy atom. The van der Waals surface area contributed by atoms with Gasteiger partial charge in [-0.05, 0) is 13.3 Å². The molecule has 0 radical (unpaired) electrons. The molecule has 94 valence electrons. The molecule has 1 aromatic heterocycles. The third-order valence-electron chi connectivity index (χ3n) is 2.71. The SMILES string of the molecule is CCc1cc(OCC2CNCC(C)O2)ncn1. The minimum atomic E-state index is 0.0961. The highest BCUT2D eigenvalue weighted by Crippen LogP contribution is 2.10. The van der Waals surface area contributed by atoms with Crippen LogP contribution in [0.1, 0.15) is 19.5 Å². The van der Waals surface area contributed by atoms with E-state index in [-0.39, 0.29) is 12.2 Å². The number of ether oxygens (including phenoxy) is 2. The molecule has 0 aliphatic carbocycles. The first kappa shape index (κ1) is 12.3. The van der Waals surface area contributed by atoms with Crippen molar-refractivity contribution in [2.24, 2.45) is 0 Å². The maximum Gasteiger partial charge on any atom is 0.216 e. The zero-order valence-corrected chi connectivity index (χ0v) is 10.3. The smallest absolute Gasteiger partial charge is 0.216 e. The Morgan fingerprint density at radius 3 is 3.12 bits per heavy atom. The van der Waals surface area contributed by atoms with E-state index >= 15 is 0 Å². The number of nitrogens with zero attached hydrogens (tertiary/aromatic N) is 2. The fourth-order valence-electron chi connectivity index (χ4n) is 1.80. The average Bonchev–Trinajstić information content (AvgIpc) is 2.37. The summed E-state index contributed by atoms with van der Waals surface area (Å²) in [6, 6.07) is 1.87. The minimum absolute atomic E-state index is 0.0961. The summed E-state index contributed by atoms with van der Waals surface area (Å²) in [6.07, 6.45) is 2.77. The summed E-state index contributed by atoms with van der Waals surface area (Å²) >= 11 is 0. The van der Waals surface area contributed by atoms with Crippen LogP contribution in [0.25, 0.3) is 0 Å². The van der Waals surface area contributed by atoms with Gasteiger partial charge in [0.15, 0.2) is 0 Å². The first-order valence-corrected chi connectivity index (χ1v) is 6.08. The largest absolute Gasteiger partial charge is 0.475 e. The first-order chi connectivity index (χ1) is 8.28. The van der Waals surface area contributed by atoms with E-state index in [9.17, 15) is 0 Å². The van der Waals surface area contributed by atoms with E-state index in [4.69, 9.17) is 9.47 Å². The summed E-state index contributed by atoms with van der Waals surface area (Å²) in [5, 5.41) is 3.31. The van der Waals surface area contributed by atoms with E-state index in [2.05, 4.69) is 29.1 Å². The lowest BCUT2D eigenvalue weighted by Gasteiger charge is -2.28. The van der Waals surface area contributed by atoms with E-state index in [1.165, 1.54) is 6.33 Å². The van der Waals surface area contributed by atoms with Crippen molar-refractivity contribution in [3.05, 3.63) is 18.1 Å². The summed E-state index contributed by atoms with van der Waals surface area (Å²) in [5.74, 6) is 0.624. The molecule has 0 bridgehead atoms. The molecule has 1 fully saturated rings. The second-order valence-electron chi connectivity index (χ2n) is 4.24. The van der Waals surface area contributed by atoms with Gasteiger partial charge in [-0.2, -0.15) is 0 Å². The third-order valence-corrected chi connectivity index (χ3v) is 2.71. The fraction of sp³-hybridized carbons (Fsp3) is 0.667. The lowest BCUT2D eigenvalue weighted by Crippen LogP contribution is -2.45. The van der Waals surface area contributed by atoms with E-state index in [1.807, 2.05) is 6.07 Å². The molecule has 2 heterocycles. The molecular formula is C12H19N3O2. The normalized spacial score (nSPS) is 24.6. The van der Waals surface area contributed by atoms with Crippen molar-refractivity contribution < 1.29 is 9.47 Å². The van der Waals surface area contributed by atoms with Gasteiger partial charge in [0.05, 0.1) is 6.10 Å². The van der Waals surface area contributed by atoms with Crippen LogP contribution >= 0.6 is 0 Å². The Balaban J connectivity index is 1.84. The van der Waals surface area contributed by atoms with Crippen molar-refractivity contribution in [3.8, 4) is 5.88 Å². The van der Waals surface area contributed by atoms with Crippen molar-refractivity contribution >= 4 is 0 Å². The number of morpholine rings is 1. The predicted octanol–water partition coefficient (Wildman–Crippen LogP) is 0.795. The summed E-state index contributed by atoms with van der Waals surface area (Å²) in [5.41, 5.74) is 0.992. The van der Waals surface area contributed by atoms with Crippen molar-refractivity contribution in [2.75, 3.05) is 19.7 Å². The van der Waals surface area contributed by atoms with Gasteiger partial charge in [-0.25, -0.2) is 9.97 Å². The van der Waals surface area contributed by atoms with Gasteiger partial charge in [-0.3, -0.25) is 0 Å². The summed E-state index contributed by atoms with van der Waals surface area (Å²) in [7, 11) is 0. The van der Waals surface area contributed by atoms with Gasteiger partial charge in [-0.1, -0.05) is 6.92 Å². The van der Waals surface area contributed by atoms with Crippen LogP contribution < -0.4 is 10.1 Å². The molecule has 1 N–H and O–H groups in total. The molecule has 2 rings (SSSR count). The van der Waals surface area contributed by atoms with Crippen LogP contribution in [0.5, 0.6) is 5.88 Å². The number of hydrogen-bond acceptors (Lipinski definition) is 5. The highest BCUT2D eigenvalue weighted by Gasteiger charge is 2.19. The van der Waals surface area contributed by atoms with E-state index < -0.39 is 0 Å². The fourth-order valence-corrected chi connectivity index (χ4v) is 1.80. The number of aromatic nitrogens is 2. The third kappa shape index (κ3) is 3.64. The Kier molecular flexibility index (Phi) is 4.28. The average molecular weight is 237 g/mol. The zero-order chi connectivity index (χ0) is 12.1. The lowest BCUT2D eigenvalue weighted by molar-refractivity contribution is -0.0476. The molecule has 5 heteroatoms. The van der Waals surface area contributed by atoms with E-state index in [0.717, 1.165) is 25.2 Å². The molecule has 0 spiro atoms. The highest BCUT2D eigenvalue weighted by atomic mass is 16.5. The van der Waals surface area contributed by atoms with Gasteiger partial charge in [-0.15, -0.1) is 0 Å². The summed E-state index contributed by atoms with van der Waals surface area (Å²) < 4.78 is 11.4. The van der Waals surface area contributed by atoms with Crippen LogP contribution in [0.4, 0.5) is 0 Å². The quantitative estimate of drug-likeness (QED) is 0.839. The van der Waals surface area contributed by atoms with Crippen molar-refractivity contribution in [1.29, 1.82) is 0 Å². The minimum Gasteiger partial charge on any atom is -0.475 e. The number of nitrogens with one attached hydrogen (secondary N) is 1. The van der Waals surface area contributed by atoms with Gasteiger partial charge < -0.3 is 14.8 Å². The van der Waals surface area contributed by atoms with E-state index in [0.29, 0.717) is 12.5 Å². The molecule has 2 unspecified atom stereocenters. The van der Waals surface area contributed by atoms with Gasteiger partial charge in [0.2, 0.25) is 5.88 Å². The molecule has 0 aromatic carbocycles. The van der Waals surface area contributed by atoms with Crippen LogP contribution in [0.15, 0.2) is 12.4 Å². The molecule has 17 heavy (non-hydrogen) atoms. The van der Waals surface area contributed by atoms with Crippen LogP contribution in [-0.4, -0.2) is 41.9 Å². The molecule has 1 saturated heterocycles. The van der Waals surface area contributed by atoms with Crippen LogP contribution in [0.3, 0.4) is 0 Å². The van der Waals surface area contributed by atoms with Crippen molar-refractivity contribution in [1.82, 2.24) is 15.3 Å². The molecular weight excluding hydrogens is 218 g/mol. The second-order valence-corrected chi connectivity index (χ2v) is 4.24. The maximum absolute atomic E-state index is 5.73. The Bertz CT molecular complexity index is 359. The number of rotatable bonds is 4. The number of hydrogen-bond donors (Lipinski definition) is 1. The van der Waals surface area contributed by atoms with Gasteiger partial charge in [0.1, 0.15) is 19.0 Å². The second kappa shape index (κ2) is 5.93. The first-order valence-electron chi connectivity index (χ1n) is 6.08. The van der Waals surface area contributed by atoms with Crippen LogP contribution in [0.2, 0.25) is 0 Å². The topological polar surface area (TPSA) is 56.3 Å². The summed E-state index contributed by atoms with van der Waals surface area (Å²) in [4.78, 5) is 8.21. The molecule has 1 aliphatic rings. The summed E-state index contributed by atoms with van der Waals surface area (Å²) in [6.45, 7) is 6.37. The van der Waals surface area contributed by atoms with Crippen LogP contribution in [-0.2, 0) is 11.2 Å². The Labute approximate surface area is 102 Å². The van der Waals surface area contributed by atoms with Gasteiger partial charge >= 0.3 is 0 Å². The van der Waals surface area contributed by atoms with Crippen molar-refractivity contribution in [2.45, 2.75) is 32.5 Å². The molecule has 0 amide bonds. The monoisotopic (exact) mass is 237 g/mol. The molecule has 0 saturated carbocycles. The number of aryl methyl sites for hydroxylation is 1. The van der Waals surface area contributed by atoms with Crippen molar-refractivity contribution in [3.63, 3.8) is 0 Å². The zero-order valence-electron chi connectivity index (χ0n) is 10.3. The van der Waals surface area contributed by atoms with Gasteiger partial charge in [0.25, 0.3) is 0 Å². The lowest BCUT2D eigenvalue weighted by atomic mass is 10.2. The molecule has 1 aliphatic heterocycles. The maximum atomic E-state index is 5.73. The highest BCUT2D eigenvalue weighted by molar-refractivity contribution is 5.13. The van der Waals surface area contributed by atoms with E-state index in [1.54, 1.807) is 0 Å².